The molecule has 0 atom stereocenters. The summed E-state index contributed by atoms with van der Waals surface area (Å²) in [6.45, 7) is 2.40. The van der Waals surface area contributed by atoms with Crippen LogP contribution in [0, 0.1) is 6.92 Å². The normalized spacial score (nSPS) is 11.5. The van der Waals surface area contributed by atoms with Crippen LogP contribution in [0.4, 0.5) is 13.2 Å². The highest BCUT2D eigenvalue weighted by molar-refractivity contribution is 5.98. The van der Waals surface area contributed by atoms with E-state index in [2.05, 4.69) is 0 Å². The quantitative estimate of drug-likeness (QED) is 0.736. The van der Waals surface area contributed by atoms with E-state index in [-0.39, 0.29) is 5.56 Å². The number of alkyl halides is 3. The summed E-state index contributed by atoms with van der Waals surface area (Å²) in [6.07, 6.45) is -4.63. The minimum absolute atomic E-state index is 0.254. The van der Waals surface area contributed by atoms with E-state index in [1.165, 1.54) is 6.92 Å². The third kappa shape index (κ3) is 2.29. The average molecular weight is 218 g/mol. The average Bonchev–Trinajstić information content (AvgIpc) is 1.99. The fourth-order valence-electron chi connectivity index (χ4n) is 1.36. The van der Waals surface area contributed by atoms with Crippen molar-refractivity contribution in [1.82, 2.24) is 0 Å². The molecule has 0 aromatic heterocycles. The molecule has 0 aliphatic rings. The van der Waals surface area contributed by atoms with Gasteiger partial charge in [0, 0.05) is 0 Å². The molecule has 0 aliphatic heterocycles. The molecule has 2 nitrogen and oxygen atoms in total. The molecular weight excluding hydrogens is 209 g/mol. The second kappa shape index (κ2) is 3.56. The zero-order valence-electron chi connectivity index (χ0n) is 8.14. The Kier molecular flexibility index (Phi) is 2.75. The van der Waals surface area contributed by atoms with Crippen LogP contribution in [0.3, 0.4) is 0 Å². The molecule has 0 aliphatic carbocycles. The lowest BCUT2D eigenvalue weighted by Gasteiger charge is -2.13. The largest absolute Gasteiger partial charge is 0.507 e. The smallest absolute Gasteiger partial charge is 0.417 e. The van der Waals surface area contributed by atoms with Crippen molar-refractivity contribution in [3.8, 4) is 5.75 Å². The summed E-state index contributed by atoms with van der Waals surface area (Å²) >= 11 is 0. The molecule has 0 saturated heterocycles. The standard InChI is InChI=1S/C10H9F3O2/c1-5-3-7(10(11,12)13)9(6(2)14)8(15)4-5/h3-4,15H,1-2H3. The second-order valence-electron chi connectivity index (χ2n) is 3.26. The van der Waals surface area contributed by atoms with Crippen LogP contribution < -0.4 is 0 Å². The second-order valence-corrected chi connectivity index (χ2v) is 3.26. The monoisotopic (exact) mass is 218 g/mol. The van der Waals surface area contributed by atoms with E-state index in [9.17, 15) is 23.1 Å². The zero-order valence-corrected chi connectivity index (χ0v) is 8.14. The topological polar surface area (TPSA) is 37.3 Å². The molecule has 0 radical (unpaired) electrons. The molecule has 15 heavy (non-hydrogen) atoms. The van der Waals surface area contributed by atoms with Crippen molar-refractivity contribution in [1.29, 1.82) is 0 Å². The first-order chi connectivity index (χ1) is 6.73. The minimum Gasteiger partial charge on any atom is -0.507 e. The van der Waals surface area contributed by atoms with Gasteiger partial charge in [0.25, 0.3) is 0 Å². The van der Waals surface area contributed by atoms with E-state index in [0.29, 0.717) is 0 Å². The summed E-state index contributed by atoms with van der Waals surface area (Å²) in [5.74, 6) is -1.44. The Morgan fingerprint density at radius 3 is 2.27 bits per heavy atom. The number of phenols is 1. The molecule has 0 saturated carbocycles. The Morgan fingerprint density at radius 1 is 1.33 bits per heavy atom. The summed E-state index contributed by atoms with van der Waals surface area (Å²) in [5, 5.41) is 9.29. The fraction of sp³-hybridized carbons (Fsp3) is 0.300. The van der Waals surface area contributed by atoms with Gasteiger partial charge >= 0.3 is 6.18 Å². The van der Waals surface area contributed by atoms with Gasteiger partial charge in [0.15, 0.2) is 5.78 Å². The molecule has 0 amide bonds. The summed E-state index contributed by atoms with van der Waals surface area (Å²) in [7, 11) is 0. The van der Waals surface area contributed by atoms with Crippen LogP contribution in [-0.2, 0) is 6.18 Å². The minimum atomic E-state index is -4.63. The Balaban J connectivity index is 3.54. The van der Waals surface area contributed by atoms with Crippen LogP contribution in [0.15, 0.2) is 12.1 Å². The maximum atomic E-state index is 12.5. The third-order valence-electron chi connectivity index (χ3n) is 1.92. The van der Waals surface area contributed by atoms with Gasteiger partial charge in [-0.15, -0.1) is 0 Å². The predicted molar refractivity (Wildman–Crippen MR) is 47.9 cm³/mol. The van der Waals surface area contributed by atoms with Crippen LogP contribution >= 0.6 is 0 Å². The molecule has 0 unspecified atom stereocenters. The van der Waals surface area contributed by atoms with Crippen LogP contribution in [0.25, 0.3) is 0 Å². The van der Waals surface area contributed by atoms with E-state index < -0.39 is 28.8 Å². The van der Waals surface area contributed by atoms with Gasteiger partial charge in [-0.1, -0.05) is 0 Å². The molecule has 1 rings (SSSR count). The van der Waals surface area contributed by atoms with Crippen molar-refractivity contribution in [3.63, 3.8) is 0 Å². The summed E-state index contributed by atoms with van der Waals surface area (Å²) in [4.78, 5) is 11.0. The lowest BCUT2D eigenvalue weighted by atomic mass is 10.00. The van der Waals surface area contributed by atoms with Gasteiger partial charge in [-0.2, -0.15) is 13.2 Å². The van der Waals surface area contributed by atoms with Gasteiger partial charge in [0.1, 0.15) is 5.75 Å². The number of phenolic OH excluding ortho intramolecular Hbond substituents is 1. The molecule has 0 heterocycles. The molecular formula is C10H9F3O2. The van der Waals surface area contributed by atoms with Gasteiger partial charge in [-0.05, 0) is 31.5 Å². The molecule has 0 bridgehead atoms. The SMILES string of the molecule is CC(=O)c1c(O)cc(C)cc1C(F)(F)F. The molecule has 1 aromatic rings. The maximum absolute atomic E-state index is 12.5. The Morgan fingerprint density at radius 2 is 1.87 bits per heavy atom. The lowest BCUT2D eigenvalue weighted by Crippen LogP contribution is -2.12. The maximum Gasteiger partial charge on any atom is 0.417 e. The fourth-order valence-corrected chi connectivity index (χ4v) is 1.36. The summed E-state index contributed by atoms with van der Waals surface area (Å²) in [5.41, 5.74) is -1.51. The Hall–Kier alpha value is -1.52. The Bertz CT molecular complexity index is 408. The zero-order chi connectivity index (χ0) is 11.8. The van der Waals surface area contributed by atoms with Crippen molar-refractivity contribution in [2.24, 2.45) is 0 Å². The number of ketones is 1. The molecule has 1 aromatic carbocycles. The van der Waals surface area contributed by atoms with E-state index >= 15 is 0 Å². The molecule has 5 heteroatoms. The van der Waals surface area contributed by atoms with Crippen molar-refractivity contribution in [2.75, 3.05) is 0 Å². The van der Waals surface area contributed by atoms with E-state index in [1.807, 2.05) is 0 Å². The number of halogens is 3. The van der Waals surface area contributed by atoms with Crippen molar-refractivity contribution >= 4 is 5.78 Å². The van der Waals surface area contributed by atoms with Crippen molar-refractivity contribution < 1.29 is 23.1 Å². The van der Waals surface area contributed by atoms with Crippen molar-refractivity contribution in [3.05, 3.63) is 28.8 Å². The molecule has 0 spiro atoms. The van der Waals surface area contributed by atoms with Gasteiger partial charge in [-0.25, -0.2) is 0 Å². The van der Waals surface area contributed by atoms with E-state index in [0.717, 1.165) is 19.1 Å². The number of Topliss-reactive ketones (excluding diaryl/α,β-unsaturated/α-hetero) is 1. The van der Waals surface area contributed by atoms with Gasteiger partial charge < -0.3 is 5.11 Å². The predicted octanol–water partition coefficient (Wildman–Crippen LogP) is 2.92. The summed E-state index contributed by atoms with van der Waals surface area (Å²) < 4.78 is 37.5. The van der Waals surface area contributed by atoms with Gasteiger partial charge in [-0.3, -0.25) is 4.79 Å². The summed E-state index contributed by atoms with van der Waals surface area (Å²) in [6, 6.07) is 1.97. The van der Waals surface area contributed by atoms with Crippen LogP contribution in [0.1, 0.15) is 28.4 Å². The van der Waals surface area contributed by atoms with E-state index in [1.54, 1.807) is 0 Å². The number of carbonyl (C=O) groups excluding carboxylic acids is 1. The number of aromatic hydroxyl groups is 1. The molecule has 1 N–H and O–H groups in total. The van der Waals surface area contributed by atoms with Crippen LogP contribution in [0.2, 0.25) is 0 Å². The number of hydrogen-bond acceptors (Lipinski definition) is 2. The Labute approximate surface area is 84.3 Å². The highest BCUT2D eigenvalue weighted by atomic mass is 19.4. The molecule has 0 fully saturated rings. The number of hydrogen-bond donors (Lipinski definition) is 1. The van der Waals surface area contributed by atoms with Gasteiger partial charge in [0.2, 0.25) is 0 Å². The first kappa shape index (κ1) is 11.6. The number of aryl methyl sites for hydroxylation is 1. The van der Waals surface area contributed by atoms with Gasteiger partial charge in [0.05, 0.1) is 11.1 Å². The number of carbonyl (C=O) groups is 1. The highest BCUT2D eigenvalue weighted by Gasteiger charge is 2.36. The lowest BCUT2D eigenvalue weighted by molar-refractivity contribution is -0.138. The van der Waals surface area contributed by atoms with E-state index in [4.69, 9.17) is 0 Å². The first-order valence-electron chi connectivity index (χ1n) is 4.15. The molecule has 82 valence electrons. The highest BCUT2D eigenvalue weighted by Crippen LogP contribution is 2.36. The first-order valence-corrected chi connectivity index (χ1v) is 4.15. The van der Waals surface area contributed by atoms with Crippen LogP contribution in [-0.4, -0.2) is 10.9 Å². The third-order valence-corrected chi connectivity index (χ3v) is 1.92. The van der Waals surface area contributed by atoms with Crippen molar-refractivity contribution in [2.45, 2.75) is 20.0 Å². The number of benzene rings is 1. The number of rotatable bonds is 1. The van der Waals surface area contributed by atoms with Crippen LogP contribution in [0.5, 0.6) is 5.75 Å².